The average Bonchev–Trinajstić information content (AvgIpc) is 2.55. The van der Waals surface area contributed by atoms with Crippen LogP contribution in [0, 0.1) is 6.92 Å². The molecule has 0 fully saturated rings. The lowest BCUT2D eigenvalue weighted by atomic mass is 10.4. The van der Waals surface area contributed by atoms with Crippen molar-refractivity contribution in [2.45, 2.75) is 20.3 Å². The molecule has 0 saturated carbocycles. The van der Waals surface area contributed by atoms with Crippen LogP contribution < -0.4 is 10.6 Å². The van der Waals surface area contributed by atoms with E-state index in [0.717, 1.165) is 23.8 Å². The van der Waals surface area contributed by atoms with Crippen molar-refractivity contribution in [3.05, 3.63) is 10.6 Å². The third kappa shape index (κ3) is 2.45. The van der Waals surface area contributed by atoms with Gasteiger partial charge in [-0.3, -0.25) is 4.79 Å². The maximum atomic E-state index is 11.4. The van der Waals surface area contributed by atoms with E-state index in [1.54, 1.807) is 7.05 Å². The number of hydrogen-bond acceptors (Lipinski definition) is 4. The number of anilines is 1. The summed E-state index contributed by atoms with van der Waals surface area (Å²) in [6.07, 6.45) is 1.05. The molecule has 0 unspecified atom stereocenters. The van der Waals surface area contributed by atoms with E-state index in [0.29, 0.717) is 4.88 Å². The molecule has 1 heterocycles. The standard InChI is InChI=1S/C9H15N3OS/c1-4-5-11-9-12-6(2)7(14-9)8(13)10-3/h4-5H2,1-3H3,(H,10,13)(H,11,12). The van der Waals surface area contributed by atoms with E-state index in [2.05, 4.69) is 22.5 Å². The van der Waals surface area contributed by atoms with Crippen LogP contribution >= 0.6 is 11.3 Å². The van der Waals surface area contributed by atoms with Crippen molar-refractivity contribution in [3.8, 4) is 0 Å². The second-order valence-electron chi connectivity index (χ2n) is 2.94. The molecule has 0 aliphatic carbocycles. The van der Waals surface area contributed by atoms with Gasteiger partial charge in [-0.05, 0) is 13.3 Å². The summed E-state index contributed by atoms with van der Waals surface area (Å²) in [7, 11) is 1.63. The molecule has 0 spiro atoms. The number of rotatable bonds is 4. The number of carbonyl (C=O) groups is 1. The monoisotopic (exact) mass is 213 g/mol. The molecular weight excluding hydrogens is 198 g/mol. The van der Waals surface area contributed by atoms with Crippen LogP contribution in [0.4, 0.5) is 5.13 Å². The van der Waals surface area contributed by atoms with Crippen LogP contribution in [0.3, 0.4) is 0 Å². The zero-order valence-electron chi connectivity index (χ0n) is 8.68. The maximum Gasteiger partial charge on any atom is 0.263 e. The molecular formula is C9H15N3OS. The highest BCUT2D eigenvalue weighted by Crippen LogP contribution is 2.22. The molecule has 78 valence electrons. The first-order valence-corrected chi connectivity index (χ1v) is 5.44. The predicted molar refractivity (Wildman–Crippen MR) is 59.0 cm³/mol. The summed E-state index contributed by atoms with van der Waals surface area (Å²) in [5, 5.41) is 6.58. The minimum atomic E-state index is -0.0652. The Kier molecular flexibility index (Phi) is 3.88. The maximum absolute atomic E-state index is 11.4. The van der Waals surface area contributed by atoms with Gasteiger partial charge in [-0.2, -0.15) is 0 Å². The van der Waals surface area contributed by atoms with Crippen LogP contribution in [0.2, 0.25) is 0 Å². The quantitative estimate of drug-likeness (QED) is 0.799. The van der Waals surface area contributed by atoms with E-state index in [1.165, 1.54) is 11.3 Å². The number of thiazole rings is 1. The molecule has 0 aliphatic heterocycles. The van der Waals surface area contributed by atoms with Gasteiger partial charge >= 0.3 is 0 Å². The molecule has 0 saturated heterocycles. The molecule has 0 atom stereocenters. The first-order chi connectivity index (χ1) is 6.69. The van der Waals surface area contributed by atoms with Gasteiger partial charge in [0.2, 0.25) is 0 Å². The molecule has 0 radical (unpaired) electrons. The first-order valence-electron chi connectivity index (χ1n) is 4.62. The van der Waals surface area contributed by atoms with Crippen molar-refractivity contribution in [2.24, 2.45) is 0 Å². The summed E-state index contributed by atoms with van der Waals surface area (Å²) in [6, 6.07) is 0. The molecule has 1 aromatic rings. The van der Waals surface area contributed by atoms with Crippen LogP contribution in [-0.2, 0) is 0 Å². The zero-order valence-corrected chi connectivity index (χ0v) is 9.49. The predicted octanol–water partition coefficient (Wildman–Crippen LogP) is 1.63. The SMILES string of the molecule is CCCNc1nc(C)c(C(=O)NC)s1. The van der Waals surface area contributed by atoms with E-state index in [9.17, 15) is 4.79 Å². The second-order valence-corrected chi connectivity index (χ2v) is 3.94. The van der Waals surface area contributed by atoms with Gasteiger partial charge in [0, 0.05) is 13.6 Å². The van der Waals surface area contributed by atoms with Crippen molar-refractivity contribution in [3.63, 3.8) is 0 Å². The number of nitrogens with one attached hydrogen (secondary N) is 2. The molecule has 0 aromatic carbocycles. The van der Waals surface area contributed by atoms with Gasteiger partial charge in [0.05, 0.1) is 5.69 Å². The minimum absolute atomic E-state index is 0.0652. The Hall–Kier alpha value is -1.10. The van der Waals surface area contributed by atoms with Gasteiger partial charge in [-0.1, -0.05) is 18.3 Å². The van der Waals surface area contributed by atoms with Gasteiger partial charge in [0.1, 0.15) is 4.88 Å². The second kappa shape index (κ2) is 4.95. The largest absolute Gasteiger partial charge is 0.362 e. The van der Waals surface area contributed by atoms with E-state index >= 15 is 0 Å². The van der Waals surface area contributed by atoms with Crippen molar-refractivity contribution >= 4 is 22.4 Å². The van der Waals surface area contributed by atoms with E-state index < -0.39 is 0 Å². The number of aromatic nitrogens is 1. The molecule has 1 amide bonds. The highest BCUT2D eigenvalue weighted by Gasteiger charge is 2.12. The van der Waals surface area contributed by atoms with E-state index in [1.807, 2.05) is 6.92 Å². The van der Waals surface area contributed by atoms with Crippen LogP contribution in [0.15, 0.2) is 0 Å². The normalized spacial score (nSPS) is 9.93. The molecule has 4 nitrogen and oxygen atoms in total. The molecule has 2 N–H and O–H groups in total. The zero-order chi connectivity index (χ0) is 10.6. The number of aryl methyl sites for hydroxylation is 1. The molecule has 0 aliphatic rings. The van der Waals surface area contributed by atoms with Crippen LogP contribution in [0.5, 0.6) is 0 Å². The third-order valence-electron chi connectivity index (χ3n) is 1.76. The van der Waals surface area contributed by atoms with Gasteiger partial charge in [0.15, 0.2) is 5.13 Å². The van der Waals surface area contributed by atoms with Gasteiger partial charge in [-0.15, -0.1) is 0 Å². The lowest BCUT2D eigenvalue weighted by Gasteiger charge is -1.96. The molecule has 0 bridgehead atoms. The lowest BCUT2D eigenvalue weighted by Crippen LogP contribution is -2.17. The summed E-state index contributed by atoms with van der Waals surface area (Å²) in [4.78, 5) is 16.3. The van der Waals surface area contributed by atoms with Crippen molar-refractivity contribution in [1.82, 2.24) is 10.3 Å². The van der Waals surface area contributed by atoms with E-state index in [-0.39, 0.29) is 5.91 Å². The summed E-state index contributed by atoms with van der Waals surface area (Å²) < 4.78 is 0. The first kappa shape index (κ1) is 11.0. The average molecular weight is 213 g/mol. The van der Waals surface area contributed by atoms with Crippen LogP contribution in [0.25, 0.3) is 0 Å². The Bertz CT molecular complexity index is 322. The Morgan fingerprint density at radius 1 is 1.57 bits per heavy atom. The summed E-state index contributed by atoms with van der Waals surface area (Å²) in [5.41, 5.74) is 0.785. The molecule has 14 heavy (non-hydrogen) atoms. The van der Waals surface area contributed by atoms with Crippen LogP contribution in [0.1, 0.15) is 28.7 Å². The Balaban J connectivity index is 2.77. The third-order valence-corrected chi connectivity index (χ3v) is 2.87. The fraction of sp³-hybridized carbons (Fsp3) is 0.556. The number of nitrogens with zero attached hydrogens (tertiary/aromatic N) is 1. The Labute approximate surface area is 87.7 Å². The highest BCUT2D eigenvalue weighted by atomic mass is 32.1. The topological polar surface area (TPSA) is 54.0 Å². The van der Waals surface area contributed by atoms with Crippen molar-refractivity contribution in [2.75, 3.05) is 18.9 Å². The Morgan fingerprint density at radius 3 is 2.86 bits per heavy atom. The fourth-order valence-electron chi connectivity index (χ4n) is 1.03. The fourth-order valence-corrected chi connectivity index (χ4v) is 1.97. The van der Waals surface area contributed by atoms with Crippen molar-refractivity contribution < 1.29 is 4.79 Å². The smallest absolute Gasteiger partial charge is 0.263 e. The number of amides is 1. The summed E-state index contributed by atoms with van der Waals surface area (Å²) >= 11 is 1.40. The summed E-state index contributed by atoms with van der Waals surface area (Å²) in [5.74, 6) is -0.0652. The van der Waals surface area contributed by atoms with Gasteiger partial charge in [-0.25, -0.2) is 4.98 Å². The van der Waals surface area contributed by atoms with Crippen LogP contribution in [-0.4, -0.2) is 24.5 Å². The Morgan fingerprint density at radius 2 is 2.29 bits per heavy atom. The number of carbonyl (C=O) groups excluding carboxylic acids is 1. The van der Waals surface area contributed by atoms with Gasteiger partial charge < -0.3 is 10.6 Å². The molecule has 1 aromatic heterocycles. The molecule has 1 rings (SSSR count). The number of hydrogen-bond donors (Lipinski definition) is 2. The minimum Gasteiger partial charge on any atom is -0.362 e. The summed E-state index contributed by atoms with van der Waals surface area (Å²) in [6.45, 7) is 4.82. The van der Waals surface area contributed by atoms with Gasteiger partial charge in [0.25, 0.3) is 5.91 Å². The lowest BCUT2D eigenvalue weighted by molar-refractivity contribution is 0.0966. The highest BCUT2D eigenvalue weighted by molar-refractivity contribution is 7.17. The van der Waals surface area contributed by atoms with Crippen molar-refractivity contribution in [1.29, 1.82) is 0 Å². The molecule has 5 heteroatoms. The van der Waals surface area contributed by atoms with E-state index in [4.69, 9.17) is 0 Å².